The van der Waals surface area contributed by atoms with Gasteiger partial charge in [0.1, 0.15) is 10.8 Å². The van der Waals surface area contributed by atoms with E-state index < -0.39 is 35.5 Å². The standard InChI is InChI=1S/C16H11ClF4N2O4/c17-12-6-1-9(7-13(12)23(25)26)14(24)22-10-2-4-11(5-3-10)27-8-16(20,21)15(18)19/h1-7,15H,8H2,(H,22,24). The second kappa shape index (κ2) is 8.21. The van der Waals surface area contributed by atoms with Crippen molar-refractivity contribution in [2.45, 2.75) is 12.3 Å². The van der Waals surface area contributed by atoms with Gasteiger partial charge in [0.15, 0.2) is 6.61 Å². The van der Waals surface area contributed by atoms with Crippen molar-refractivity contribution in [2.24, 2.45) is 0 Å². The van der Waals surface area contributed by atoms with E-state index in [1.165, 1.54) is 36.4 Å². The van der Waals surface area contributed by atoms with E-state index in [0.717, 1.165) is 6.07 Å². The van der Waals surface area contributed by atoms with E-state index >= 15 is 0 Å². The molecule has 0 aliphatic heterocycles. The summed E-state index contributed by atoms with van der Waals surface area (Å²) < 4.78 is 54.3. The maximum atomic E-state index is 12.8. The summed E-state index contributed by atoms with van der Waals surface area (Å²) in [6.45, 7) is -1.50. The first-order chi connectivity index (χ1) is 12.6. The van der Waals surface area contributed by atoms with Crippen LogP contribution in [-0.4, -0.2) is 29.8 Å². The maximum absolute atomic E-state index is 12.8. The molecule has 2 rings (SSSR count). The van der Waals surface area contributed by atoms with Crippen LogP contribution in [0.4, 0.5) is 28.9 Å². The number of hydrogen-bond acceptors (Lipinski definition) is 4. The lowest BCUT2D eigenvalue weighted by molar-refractivity contribution is -0.384. The molecule has 0 saturated heterocycles. The highest BCUT2D eigenvalue weighted by Gasteiger charge is 2.41. The minimum absolute atomic E-state index is 0.0250. The average Bonchev–Trinajstić information content (AvgIpc) is 2.61. The van der Waals surface area contributed by atoms with E-state index in [-0.39, 0.29) is 22.0 Å². The zero-order valence-electron chi connectivity index (χ0n) is 13.3. The van der Waals surface area contributed by atoms with E-state index in [4.69, 9.17) is 11.6 Å². The smallest absolute Gasteiger partial charge is 0.340 e. The summed E-state index contributed by atoms with van der Waals surface area (Å²) in [5.41, 5.74) is -0.235. The Labute approximate surface area is 154 Å². The van der Waals surface area contributed by atoms with Gasteiger partial charge < -0.3 is 10.1 Å². The van der Waals surface area contributed by atoms with E-state index in [0.29, 0.717) is 0 Å². The van der Waals surface area contributed by atoms with Gasteiger partial charge in [0.05, 0.1) is 4.92 Å². The topological polar surface area (TPSA) is 81.5 Å². The molecule has 2 aromatic carbocycles. The minimum Gasteiger partial charge on any atom is -0.487 e. The Bertz CT molecular complexity index is 847. The molecule has 0 saturated carbocycles. The number of benzene rings is 2. The van der Waals surface area contributed by atoms with Crippen LogP contribution in [0, 0.1) is 10.1 Å². The number of nitro groups is 1. The molecule has 0 unspecified atom stereocenters. The van der Waals surface area contributed by atoms with Crippen molar-refractivity contribution in [1.82, 2.24) is 0 Å². The van der Waals surface area contributed by atoms with Crippen LogP contribution in [0.15, 0.2) is 42.5 Å². The molecular weight excluding hydrogens is 396 g/mol. The number of nitro benzene ring substituents is 1. The van der Waals surface area contributed by atoms with Crippen LogP contribution in [-0.2, 0) is 0 Å². The molecule has 0 spiro atoms. The van der Waals surface area contributed by atoms with Crippen LogP contribution >= 0.6 is 11.6 Å². The number of rotatable bonds is 7. The van der Waals surface area contributed by atoms with Crippen LogP contribution in [0.2, 0.25) is 5.02 Å². The molecule has 11 heteroatoms. The summed E-state index contributed by atoms with van der Waals surface area (Å²) in [5.74, 6) is -5.06. The predicted octanol–water partition coefficient (Wildman–Crippen LogP) is 4.78. The highest BCUT2D eigenvalue weighted by Crippen LogP contribution is 2.27. The second-order valence-electron chi connectivity index (χ2n) is 5.25. The lowest BCUT2D eigenvalue weighted by Gasteiger charge is -2.16. The lowest BCUT2D eigenvalue weighted by Crippen LogP contribution is -2.33. The van der Waals surface area contributed by atoms with Crippen molar-refractivity contribution in [3.8, 4) is 5.75 Å². The molecule has 0 atom stereocenters. The van der Waals surface area contributed by atoms with Crippen LogP contribution in [0.3, 0.4) is 0 Å². The van der Waals surface area contributed by atoms with Gasteiger partial charge in [0.25, 0.3) is 11.6 Å². The van der Waals surface area contributed by atoms with Crippen molar-refractivity contribution in [3.63, 3.8) is 0 Å². The number of halogens is 5. The number of carbonyl (C=O) groups excluding carboxylic acids is 1. The van der Waals surface area contributed by atoms with Crippen LogP contribution in [0.1, 0.15) is 10.4 Å². The molecule has 0 aromatic heterocycles. The molecule has 0 fully saturated rings. The number of carbonyl (C=O) groups is 1. The van der Waals surface area contributed by atoms with Crippen molar-refractivity contribution in [3.05, 3.63) is 63.2 Å². The first-order valence-electron chi connectivity index (χ1n) is 7.24. The Balaban J connectivity index is 2.03. The Morgan fingerprint density at radius 2 is 1.85 bits per heavy atom. The first-order valence-corrected chi connectivity index (χ1v) is 7.62. The van der Waals surface area contributed by atoms with Gasteiger partial charge in [0, 0.05) is 17.3 Å². The van der Waals surface area contributed by atoms with Gasteiger partial charge in [-0.15, -0.1) is 0 Å². The highest BCUT2D eigenvalue weighted by atomic mass is 35.5. The lowest BCUT2D eigenvalue weighted by atomic mass is 10.2. The largest absolute Gasteiger partial charge is 0.487 e. The number of amides is 1. The van der Waals surface area contributed by atoms with Gasteiger partial charge in [-0.3, -0.25) is 14.9 Å². The van der Waals surface area contributed by atoms with E-state index in [1.54, 1.807) is 0 Å². The molecule has 0 heterocycles. The molecule has 6 nitrogen and oxygen atoms in total. The van der Waals surface area contributed by atoms with Crippen molar-refractivity contribution < 1.29 is 32.0 Å². The number of hydrogen-bond donors (Lipinski definition) is 1. The van der Waals surface area contributed by atoms with Gasteiger partial charge in [0.2, 0.25) is 0 Å². The van der Waals surface area contributed by atoms with E-state index in [9.17, 15) is 32.5 Å². The van der Waals surface area contributed by atoms with Gasteiger partial charge in [-0.25, -0.2) is 8.78 Å². The maximum Gasteiger partial charge on any atom is 0.340 e. The third-order valence-electron chi connectivity index (χ3n) is 3.27. The second-order valence-corrected chi connectivity index (χ2v) is 5.66. The fourth-order valence-electron chi connectivity index (χ4n) is 1.87. The normalized spacial score (nSPS) is 11.3. The number of ether oxygens (including phenoxy) is 1. The van der Waals surface area contributed by atoms with Crippen LogP contribution < -0.4 is 10.1 Å². The molecule has 2 aromatic rings. The number of alkyl halides is 4. The summed E-state index contributed by atoms with van der Waals surface area (Å²) in [7, 11) is 0. The summed E-state index contributed by atoms with van der Waals surface area (Å²) in [4.78, 5) is 22.2. The number of anilines is 1. The van der Waals surface area contributed by atoms with E-state index in [1.807, 2.05) is 0 Å². The van der Waals surface area contributed by atoms with Gasteiger partial charge in [-0.05, 0) is 36.4 Å². The van der Waals surface area contributed by atoms with Gasteiger partial charge in [-0.1, -0.05) is 11.6 Å². The number of nitrogens with zero attached hydrogens (tertiary/aromatic N) is 1. The van der Waals surface area contributed by atoms with Gasteiger partial charge >= 0.3 is 12.3 Å². The molecular formula is C16H11ClF4N2O4. The minimum atomic E-state index is -4.28. The summed E-state index contributed by atoms with van der Waals surface area (Å²) in [5, 5.41) is 13.1. The molecule has 0 bridgehead atoms. The molecule has 144 valence electrons. The zero-order chi connectivity index (χ0) is 20.2. The predicted molar refractivity (Wildman–Crippen MR) is 88.9 cm³/mol. The molecule has 0 aliphatic carbocycles. The SMILES string of the molecule is O=C(Nc1ccc(OCC(F)(F)C(F)F)cc1)c1ccc(Cl)c([N+](=O)[O-])c1. The van der Waals surface area contributed by atoms with Crippen molar-refractivity contribution >= 4 is 28.9 Å². The number of nitrogens with one attached hydrogen (secondary N) is 1. The molecule has 1 N–H and O–H groups in total. The quantitative estimate of drug-likeness (QED) is 0.407. The Morgan fingerprint density at radius 3 is 2.41 bits per heavy atom. The molecule has 27 heavy (non-hydrogen) atoms. The van der Waals surface area contributed by atoms with Crippen LogP contribution in [0.25, 0.3) is 0 Å². The summed E-state index contributed by atoms with van der Waals surface area (Å²) in [6.07, 6.45) is -3.85. The highest BCUT2D eigenvalue weighted by molar-refractivity contribution is 6.32. The van der Waals surface area contributed by atoms with E-state index in [2.05, 4.69) is 10.1 Å². The van der Waals surface area contributed by atoms with Gasteiger partial charge in [-0.2, -0.15) is 8.78 Å². The average molecular weight is 407 g/mol. The summed E-state index contributed by atoms with van der Waals surface area (Å²) >= 11 is 5.67. The monoisotopic (exact) mass is 406 g/mol. The Morgan fingerprint density at radius 1 is 1.22 bits per heavy atom. The Kier molecular flexibility index (Phi) is 6.21. The third-order valence-corrected chi connectivity index (χ3v) is 3.59. The third kappa shape index (κ3) is 5.30. The molecule has 1 amide bonds. The van der Waals surface area contributed by atoms with Crippen LogP contribution in [0.5, 0.6) is 5.75 Å². The van der Waals surface area contributed by atoms with Crippen molar-refractivity contribution in [1.29, 1.82) is 0 Å². The molecule has 0 aliphatic rings. The fourth-order valence-corrected chi connectivity index (χ4v) is 2.06. The molecule has 0 radical (unpaired) electrons. The first kappa shape index (κ1) is 20.4. The zero-order valence-corrected chi connectivity index (χ0v) is 14.1. The fraction of sp³-hybridized carbons (Fsp3) is 0.188. The van der Waals surface area contributed by atoms with Crippen molar-refractivity contribution in [2.75, 3.05) is 11.9 Å². The summed E-state index contributed by atoms with van der Waals surface area (Å²) in [6, 6.07) is 8.46. The Hall–Kier alpha value is -2.88.